The summed E-state index contributed by atoms with van der Waals surface area (Å²) < 4.78 is 22.6. The summed E-state index contributed by atoms with van der Waals surface area (Å²) in [5, 5.41) is 16.2. The molecule has 0 heterocycles. The van der Waals surface area contributed by atoms with E-state index in [2.05, 4.69) is 15.9 Å². The van der Waals surface area contributed by atoms with E-state index < -0.39 is 10.0 Å². The zero-order chi connectivity index (χ0) is 16.4. The van der Waals surface area contributed by atoms with Gasteiger partial charge in [-0.05, 0) is 43.4 Å². The molecule has 0 fully saturated rings. The first-order chi connectivity index (χ1) is 10.4. The number of hydrogen-bond acceptors (Lipinski definition) is 3. The van der Waals surface area contributed by atoms with Gasteiger partial charge in [-0.3, -0.25) is 0 Å². The molecule has 1 rings (SSSR count). The molecule has 1 atom stereocenters. The number of benzene rings is 1. The van der Waals surface area contributed by atoms with E-state index >= 15 is 0 Å². The van der Waals surface area contributed by atoms with Crippen molar-refractivity contribution in [1.29, 1.82) is 0 Å². The number of unbranched alkanes of at least 4 members (excludes halogenated alkanes) is 4. The number of aryl methyl sites for hydroxylation is 1. The molecule has 1 unspecified atom stereocenters. The lowest BCUT2D eigenvalue weighted by Gasteiger charge is -2.11. The fourth-order valence-electron chi connectivity index (χ4n) is 2.36. The monoisotopic (exact) mass is 391 g/mol. The summed E-state index contributed by atoms with van der Waals surface area (Å²) in [6.45, 7) is 0. The van der Waals surface area contributed by atoms with Crippen LogP contribution in [0, 0.1) is 0 Å². The van der Waals surface area contributed by atoms with E-state index in [4.69, 9.17) is 5.14 Å². The van der Waals surface area contributed by atoms with E-state index in [1.165, 1.54) is 25.3 Å². The number of sulfonamides is 1. The minimum absolute atomic E-state index is 0.131. The van der Waals surface area contributed by atoms with Gasteiger partial charge in [0.25, 0.3) is 0 Å². The predicted molar refractivity (Wildman–Crippen MR) is 93.6 cm³/mol. The maximum atomic E-state index is 11.3. The van der Waals surface area contributed by atoms with Crippen LogP contribution in [0.3, 0.4) is 0 Å². The van der Waals surface area contributed by atoms with Gasteiger partial charge in [0.15, 0.2) is 0 Å². The van der Waals surface area contributed by atoms with Crippen molar-refractivity contribution in [2.24, 2.45) is 5.14 Å². The Morgan fingerprint density at radius 3 is 2.45 bits per heavy atom. The van der Waals surface area contributed by atoms with Crippen LogP contribution >= 0.6 is 15.9 Å². The Morgan fingerprint density at radius 1 is 1.09 bits per heavy atom. The Balaban J connectivity index is 2.28. The fourth-order valence-corrected chi connectivity index (χ4v) is 3.34. The average Bonchev–Trinajstić information content (AvgIpc) is 2.48. The maximum absolute atomic E-state index is 11.3. The molecule has 4 nitrogen and oxygen atoms in total. The van der Waals surface area contributed by atoms with Crippen molar-refractivity contribution in [3.05, 3.63) is 29.8 Å². The van der Waals surface area contributed by atoms with Crippen LogP contribution in [0.15, 0.2) is 29.2 Å². The van der Waals surface area contributed by atoms with Gasteiger partial charge >= 0.3 is 0 Å². The molecule has 0 aliphatic rings. The molecule has 0 saturated carbocycles. The van der Waals surface area contributed by atoms with Crippen molar-refractivity contribution in [3.63, 3.8) is 0 Å². The molecular weight excluding hydrogens is 366 g/mol. The van der Waals surface area contributed by atoms with E-state index in [1.807, 2.05) is 6.07 Å². The molecular formula is C16H26BrNO3S. The molecule has 0 amide bonds. The third kappa shape index (κ3) is 8.27. The minimum Gasteiger partial charge on any atom is -0.393 e. The quantitative estimate of drug-likeness (QED) is 0.448. The van der Waals surface area contributed by atoms with E-state index in [1.54, 1.807) is 12.1 Å². The van der Waals surface area contributed by atoms with Gasteiger partial charge in [0.2, 0.25) is 10.0 Å². The Labute approximate surface area is 142 Å². The van der Waals surface area contributed by atoms with Gasteiger partial charge < -0.3 is 5.11 Å². The Morgan fingerprint density at radius 2 is 1.77 bits per heavy atom. The fraction of sp³-hybridized carbons (Fsp3) is 0.625. The third-order valence-electron chi connectivity index (χ3n) is 3.66. The summed E-state index contributed by atoms with van der Waals surface area (Å²) in [5.74, 6) is 0. The van der Waals surface area contributed by atoms with Crippen LogP contribution in [0.1, 0.15) is 50.5 Å². The molecule has 126 valence electrons. The van der Waals surface area contributed by atoms with Crippen LogP contribution in [0.25, 0.3) is 0 Å². The molecule has 0 aliphatic carbocycles. The third-order valence-corrected chi connectivity index (χ3v) is 5.14. The number of hydrogen-bond donors (Lipinski definition) is 2. The first-order valence-corrected chi connectivity index (χ1v) is 10.5. The van der Waals surface area contributed by atoms with E-state index in [-0.39, 0.29) is 11.0 Å². The number of aliphatic hydroxyl groups excluding tert-OH is 1. The number of primary sulfonamides is 1. The Bertz CT molecular complexity index is 534. The van der Waals surface area contributed by atoms with Gasteiger partial charge in [-0.1, -0.05) is 53.7 Å². The molecule has 1 aromatic rings. The van der Waals surface area contributed by atoms with Crippen molar-refractivity contribution < 1.29 is 13.5 Å². The smallest absolute Gasteiger partial charge is 0.238 e. The topological polar surface area (TPSA) is 80.4 Å². The summed E-state index contributed by atoms with van der Waals surface area (Å²) in [4.78, 5) is 0.131. The first kappa shape index (κ1) is 19.6. The van der Waals surface area contributed by atoms with Crippen molar-refractivity contribution in [3.8, 4) is 0 Å². The van der Waals surface area contributed by atoms with Gasteiger partial charge in [-0.15, -0.1) is 0 Å². The minimum atomic E-state index is -3.66. The largest absolute Gasteiger partial charge is 0.393 e. The van der Waals surface area contributed by atoms with Crippen LogP contribution in [0.4, 0.5) is 0 Å². The SMILES string of the molecule is NS(=O)(=O)c1cccc(CCC(O)CCCCCCCBr)c1. The van der Waals surface area contributed by atoms with Crippen LogP contribution in [0.5, 0.6) is 0 Å². The highest BCUT2D eigenvalue weighted by Gasteiger charge is 2.09. The Kier molecular flexibility index (Phi) is 9.24. The van der Waals surface area contributed by atoms with Crippen molar-refractivity contribution in [1.82, 2.24) is 0 Å². The molecule has 0 bridgehead atoms. The van der Waals surface area contributed by atoms with E-state index in [0.29, 0.717) is 12.8 Å². The van der Waals surface area contributed by atoms with Gasteiger partial charge in [0, 0.05) is 5.33 Å². The normalized spacial score (nSPS) is 13.2. The Hall–Kier alpha value is -0.430. The highest BCUT2D eigenvalue weighted by molar-refractivity contribution is 9.09. The molecule has 1 aromatic carbocycles. The maximum Gasteiger partial charge on any atom is 0.238 e. The summed E-state index contributed by atoms with van der Waals surface area (Å²) >= 11 is 3.42. The summed E-state index contributed by atoms with van der Waals surface area (Å²) in [7, 11) is -3.66. The van der Waals surface area contributed by atoms with Gasteiger partial charge in [-0.2, -0.15) is 0 Å². The van der Waals surface area contributed by atoms with Crippen LogP contribution in [-0.2, 0) is 16.4 Å². The van der Waals surface area contributed by atoms with Crippen LogP contribution in [0.2, 0.25) is 0 Å². The molecule has 6 heteroatoms. The zero-order valence-electron chi connectivity index (χ0n) is 12.9. The number of nitrogens with two attached hydrogens (primary N) is 1. The number of aliphatic hydroxyl groups is 1. The highest BCUT2D eigenvalue weighted by atomic mass is 79.9. The average molecular weight is 392 g/mol. The number of rotatable bonds is 11. The lowest BCUT2D eigenvalue weighted by atomic mass is 10.0. The van der Waals surface area contributed by atoms with E-state index in [0.717, 1.165) is 30.2 Å². The second-order valence-corrected chi connectivity index (χ2v) is 7.98. The highest BCUT2D eigenvalue weighted by Crippen LogP contribution is 2.15. The number of halogens is 1. The van der Waals surface area contributed by atoms with Crippen LogP contribution in [-0.4, -0.2) is 25.0 Å². The lowest BCUT2D eigenvalue weighted by Crippen LogP contribution is -2.12. The molecule has 0 saturated heterocycles. The summed E-state index contributed by atoms with van der Waals surface area (Å²) in [6.07, 6.45) is 7.66. The molecule has 0 spiro atoms. The second kappa shape index (κ2) is 10.4. The van der Waals surface area contributed by atoms with Crippen molar-refractivity contribution >= 4 is 26.0 Å². The van der Waals surface area contributed by atoms with Gasteiger partial charge in [-0.25, -0.2) is 13.6 Å². The molecule has 22 heavy (non-hydrogen) atoms. The molecule has 0 aliphatic heterocycles. The van der Waals surface area contributed by atoms with Crippen LogP contribution < -0.4 is 5.14 Å². The van der Waals surface area contributed by atoms with Crippen molar-refractivity contribution in [2.75, 3.05) is 5.33 Å². The van der Waals surface area contributed by atoms with E-state index in [9.17, 15) is 13.5 Å². The standard InChI is InChI=1S/C16H26BrNO3S/c17-12-5-3-1-2-4-8-15(19)11-10-14-7-6-9-16(13-14)22(18,20)21/h6-7,9,13,15,19H,1-5,8,10-12H2,(H2,18,20,21). The molecule has 0 aromatic heterocycles. The molecule has 0 radical (unpaired) electrons. The second-order valence-electron chi connectivity index (χ2n) is 5.63. The molecule has 3 N–H and O–H groups in total. The van der Waals surface area contributed by atoms with Crippen molar-refractivity contribution in [2.45, 2.75) is 62.4 Å². The van der Waals surface area contributed by atoms with Gasteiger partial charge in [0.1, 0.15) is 0 Å². The zero-order valence-corrected chi connectivity index (χ0v) is 15.3. The lowest BCUT2D eigenvalue weighted by molar-refractivity contribution is 0.151. The number of alkyl halides is 1. The van der Waals surface area contributed by atoms with Gasteiger partial charge in [0.05, 0.1) is 11.0 Å². The first-order valence-electron chi connectivity index (χ1n) is 7.79. The summed E-state index contributed by atoms with van der Waals surface area (Å²) in [6, 6.07) is 6.62. The predicted octanol–water partition coefficient (Wildman–Crippen LogP) is 3.36. The summed E-state index contributed by atoms with van der Waals surface area (Å²) in [5.41, 5.74) is 0.892.